The van der Waals surface area contributed by atoms with Crippen LogP contribution in [0, 0.1) is 0 Å². The van der Waals surface area contributed by atoms with Gasteiger partial charge >= 0.3 is 5.97 Å². The molecule has 1 aromatic heterocycles. The van der Waals surface area contributed by atoms with Gasteiger partial charge in [-0.25, -0.2) is 4.79 Å². The minimum Gasteiger partial charge on any atom is -0.465 e. The Morgan fingerprint density at radius 3 is 3.00 bits per heavy atom. The molecule has 1 aliphatic rings. The fourth-order valence-corrected chi connectivity index (χ4v) is 2.93. The van der Waals surface area contributed by atoms with Crippen LogP contribution in [0.1, 0.15) is 20.8 Å². The third-order valence-electron chi connectivity index (χ3n) is 2.66. The highest BCUT2D eigenvalue weighted by Gasteiger charge is 2.26. The number of esters is 1. The zero-order valence-electron chi connectivity index (χ0n) is 8.87. The number of hydrogen-bond acceptors (Lipinski definition) is 5. The number of anilines is 1. The summed E-state index contributed by atoms with van der Waals surface area (Å²) in [4.78, 5) is 15.0. The van der Waals surface area contributed by atoms with Crippen LogP contribution in [0.4, 0.5) is 5.00 Å². The van der Waals surface area contributed by atoms with Crippen LogP contribution < -0.4 is 5.73 Å². The predicted octanol–water partition coefficient (Wildman–Crippen LogP) is 1.10. The number of hydrogen-bond donors (Lipinski definition) is 1. The van der Waals surface area contributed by atoms with E-state index in [1.54, 1.807) is 0 Å². The van der Waals surface area contributed by atoms with Gasteiger partial charge in [-0.2, -0.15) is 0 Å². The molecular weight excluding hydrogens is 212 g/mol. The number of methoxy groups -OCH3 is 1. The molecule has 0 unspecified atom stereocenters. The lowest BCUT2D eigenvalue weighted by molar-refractivity contribution is 0.0600. The Morgan fingerprint density at radius 1 is 1.60 bits per heavy atom. The van der Waals surface area contributed by atoms with Crippen molar-refractivity contribution in [3.63, 3.8) is 0 Å². The first-order valence-electron chi connectivity index (χ1n) is 4.80. The summed E-state index contributed by atoms with van der Waals surface area (Å²) in [5.41, 5.74) is 7.47. The standard InChI is InChI=1S/C10H14N2O2S/c1-12-4-3-7-6(5-12)8(9(11)15-7)10(13)14-2/h3-5,11H2,1-2H3. The van der Waals surface area contributed by atoms with Crippen molar-refractivity contribution < 1.29 is 9.53 Å². The van der Waals surface area contributed by atoms with Gasteiger partial charge in [0.2, 0.25) is 0 Å². The molecule has 0 aromatic carbocycles. The summed E-state index contributed by atoms with van der Waals surface area (Å²) in [7, 11) is 3.43. The Kier molecular flexibility index (Phi) is 2.67. The van der Waals surface area contributed by atoms with E-state index < -0.39 is 0 Å². The zero-order valence-corrected chi connectivity index (χ0v) is 9.69. The van der Waals surface area contributed by atoms with Crippen molar-refractivity contribution in [3.05, 3.63) is 16.0 Å². The molecule has 2 heterocycles. The fourth-order valence-electron chi connectivity index (χ4n) is 1.87. The number of nitrogen functional groups attached to an aromatic ring is 1. The number of fused-ring (bicyclic) bond motifs is 1. The molecule has 15 heavy (non-hydrogen) atoms. The first kappa shape index (κ1) is 10.4. The highest BCUT2D eigenvalue weighted by Crippen LogP contribution is 2.34. The van der Waals surface area contributed by atoms with Gasteiger partial charge in [0, 0.05) is 18.0 Å². The highest BCUT2D eigenvalue weighted by molar-refractivity contribution is 7.16. The zero-order chi connectivity index (χ0) is 11.0. The minimum atomic E-state index is -0.319. The molecule has 2 rings (SSSR count). The number of thiophene rings is 1. The summed E-state index contributed by atoms with van der Waals surface area (Å²) >= 11 is 1.51. The number of carbonyl (C=O) groups excluding carboxylic acids is 1. The van der Waals surface area contributed by atoms with E-state index in [9.17, 15) is 4.79 Å². The van der Waals surface area contributed by atoms with Crippen molar-refractivity contribution in [3.8, 4) is 0 Å². The van der Waals surface area contributed by atoms with E-state index in [-0.39, 0.29) is 5.97 Å². The van der Waals surface area contributed by atoms with E-state index in [0.717, 1.165) is 25.1 Å². The van der Waals surface area contributed by atoms with Gasteiger partial charge in [0.15, 0.2) is 0 Å². The lowest BCUT2D eigenvalue weighted by Crippen LogP contribution is -2.26. The monoisotopic (exact) mass is 226 g/mol. The molecule has 0 amide bonds. The molecule has 82 valence electrons. The Balaban J connectivity index is 2.46. The number of likely N-dealkylation sites (N-methyl/N-ethyl adjacent to an activating group) is 1. The number of rotatable bonds is 1. The van der Waals surface area contributed by atoms with Crippen molar-refractivity contribution in [2.45, 2.75) is 13.0 Å². The molecule has 0 spiro atoms. The first-order valence-corrected chi connectivity index (χ1v) is 5.62. The molecule has 0 atom stereocenters. The first-order chi connectivity index (χ1) is 7.13. The van der Waals surface area contributed by atoms with Crippen LogP contribution in [0.3, 0.4) is 0 Å². The Morgan fingerprint density at radius 2 is 2.33 bits per heavy atom. The molecule has 0 fully saturated rings. The molecule has 5 heteroatoms. The van der Waals surface area contributed by atoms with Crippen molar-refractivity contribution >= 4 is 22.3 Å². The maximum Gasteiger partial charge on any atom is 0.341 e. The van der Waals surface area contributed by atoms with Gasteiger partial charge in [-0.1, -0.05) is 0 Å². The quantitative estimate of drug-likeness (QED) is 0.729. The average molecular weight is 226 g/mol. The van der Waals surface area contributed by atoms with Crippen molar-refractivity contribution in [1.29, 1.82) is 0 Å². The number of carbonyl (C=O) groups is 1. The number of nitrogens with two attached hydrogens (primary N) is 1. The summed E-state index contributed by atoms with van der Waals surface area (Å²) in [6.45, 7) is 1.81. The largest absolute Gasteiger partial charge is 0.465 e. The van der Waals surface area contributed by atoms with Crippen LogP contribution in [0.2, 0.25) is 0 Å². The van der Waals surface area contributed by atoms with E-state index in [2.05, 4.69) is 4.90 Å². The summed E-state index contributed by atoms with van der Waals surface area (Å²) < 4.78 is 4.75. The van der Waals surface area contributed by atoms with Gasteiger partial charge in [0.25, 0.3) is 0 Å². The Bertz CT molecular complexity index is 400. The molecule has 4 nitrogen and oxygen atoms in total. The van der Waals surface area contributed by atoms with Crippen LogP contribution in [0.25, 0.3) is 0 Å². The Labute approximate surface area is 92.6 Å². The SMILES string of the molecule is COC(=O)c1c(N)sc2c1CN(C)CC2. The van der Waals surface area contributed by atoms with E-state index in [1.165, 1.54) is 23.3 Å². The summed E-state index contributed by atoms with van der Waals surface area (Å²) in [5, 5.41) is 0.585. The molecule has 1 aliphatic heterocycles. The van der Waals surface area contributed by atoms with E-state index in [1.807, 2.05) is 7.05 Å². The number of nitrogens with zero attached hydrogens (tertiary/aromatic N) is 1. The summed E-state index contributed by atoms with van der Waals surface area (Å²) in [6, 6.07) is 0. The molecule has 0 aliphatic carbocycles. The fraction of sp³-hybridized carbons (Fsp3) is 0.500. The van der Waals surface area contributed by atoms with Gasteiger partial charge < -0.3 is 15.4 Å². The lowest BCUT2D eigenvalue weighted by Gasteiger charge is -2.22. The van der Waals surface area contributed by atoms with E-state index in [4.69, 9.17) is 10.5 Å². The smallest absolute Gasteiger partial charge is 0.341 e. The summed E-state index contributed by atoms with van der Waals surface area (Å²) in [6.07, 6.45) is 0.970. The normalized spacial score (nSPS) is 16.1. The lowest BCUT2D eigenvalue weighted by atomic mass is 10.0. The number of ether oxygens (including phenoxy) is 1. The maximum atomic E-state index is 11.6. The van der Waals surface area contributed by atoms with Gasteiger partial charge in [-0.05, 0) is 19.0 Å². The summed E-state index contributed by atoms with van der Waals surface area (Å²) in [5.74, 6) is -0.319. The van der Waals surface area contributed by atoms with Crippen LogP contribution in [0.5, 0.6) is 0 Å². The molecule has 2 N–H and O–H groups in total. The van der Waals surface area contributed by atoms with Crippen LogP contribution in [-0.4, -0.2) is 31.6 Å². The second-order valence-corrected chi connectivity index (χ2v) is 4.86. The molecule has 0 saturated heterocycles. The van der Waals surface area contributed by atoms with E-state index in [0.29, 0.717) is 10.6 Å². The van der Waals surface area contributed by atoms with Gasteiger partial charge in [0.1, 0.15) is 5.00 Å². The average Bonchev–Trinajstić information content (AvgIpc) is 2.52. The van der Waals surface area contributed by atoms with Crippen LogP contribution in [-0.2, 0) is 17.7 Å². The molecular formula is C10H14N2O2S. The molecule has 0 saturated carbocycles. The molecule has 1 aromatic rings. The molecule has 0 radical (unpaired) electrons. The molecule has 0 bridgehead atoms. The predicted molar refractivity (Wildman–Crippen MR) is 60.1 cm³/mol. The van der Waals surface area contributed by atoms with Gasteiger partial charge in [-0.15, -0.1) is 11.3 Å². The van der Waals surface area contributed by atoms with Crippen LogP contribution in [0.15, 0.2) is 0 Å². The van der Waals surface area contributed by atoms with Gasteiger partial charge in [0.05, 0.1) is 12.7 Å². The second-order valence-electron chi connectivity index (χ2n) is 3.72. The van der Waals surface area contributed by atoms with Crippen LogP contribution >= 0.6 is 11.3 Å². The van der Waals surface area contributed by atoms with E-state index >= 15 is 0 Å². The Hall–Kier alpha value is -1.07. The second kappa shape index (κ2) is 3.83. The topological polar surface area (TPSA) is 55.6 Å². The van der Waals surface area contributed by atoms with Gasteiger partial charge in [-0.3, -0.25) is 0 Å². The van der Waals surface area contributed by atoms with Crippen molar-refractivity contribution in [2.75, 3.05) is 26.4 Å². The maximum absolute atomic E-state index is 11.6. The third kappa shape index (κ3) is 1.72. The van der Waals surface area contributed by atoms with Crippen molar-refractivity contribution in [2.24, 2.45) is 0 Å². The van der Waals surface area contributed by atoms with Crippen molar-refractivity contribution in [1.82, 2.24) is 4.90 Å². The third-order valence-corrected chi connectivity index (χ3v) is 3.78. The highest BCUT2D eigenvalue weighted by atomic mass is 32.1. The minimum absolute atomic E-state index is 0.319.